The average Bonchev–Trinajstić information content (AvgIpc) is 3.12. The smallest absolute Gasteiger partial charge is 0.223 e. The summed E-state index contributed by atoms with van der Waals surface area (Å²) in [6.45, 7) is 7.85. The van der Waals surface area contributed by atoms with Crippen LogP contribution in [0.15, 0.2) is 47.5 Å². The quantitative estimate of drug-likeness (QED) is 0.611. The third kappa shape index (κ3) is 3.09. The Balaban J connectivity index is 0.00000210. The van der Waals surface area contributed by atoms with E-state index in [0.29, 0.717) is 24.7 Å². The first kappa shape index (κ1) is 19.6. The molecule has 3 aliphatic heterocycles. The molecule has 1 N–H and O–H groups in total. The molecule has 0 spiro atoms. The number of rotatable bonds is 6. The first-order chi connectivity index (χ1) is 12.6. The lowest BCUT2D eigenvalue weighted by Gasteiger charge is -2.61. The minimum atomic E-state index is -0.656. The Morgan fingerprint density at radius 1 is 1.33 bits per heavy atom. The lowest BCUT2D eigenvalue weighted by atomic mass is 9.60. The topological polar surface area (TPSA) is 71.6 Å². The van der Waals surface area contributed by atoms with E-state index in [1.807, 2.05) is 36.4 Å². The highest BCUT2D eigenvalue weighted by atomic mass is 16.5. The van der Waals surface area contributed by atoms with Crippen molar-refractivity contribution in [1.82, 2.24) is 15.0 Å². The fraction of sp³-hybridized carbons (Fsp3) is 0.500. The van der Waals surface area contributed by atoms with Gasteiger partial charge in [0.05, 0.1) is 25.5 Å². The molecule has 144 valence electrons. The van der Waals surface area contributed by atoms with Crippen molar-refractivity contribution in [3.63, 3.8) is 0 Å². The van der Waals surface area contributed by atoms with Crippen LogP contribution in [-0.4, -0.2) is 59.9 Å². The Kier molecular flexibility index (Phi) is 5.44. The van der Waals surface area contributed by atoms with Crippen molar-refractivity contribution in [2.75, 3.05) is 19.7 Å². The van der Waals surface area contributed by atoms with E-state index >= 15 is 0 Å². The number of ether oxygens (including phenoxy) is 1. The molecule has 2 aromatic rings. The van der Waals surface area contributed by atoms with Crippen molar-refractivity contribution in [1.29, 1.82) is 0 Å². The van der Waals surface area contributed by atoms with Crippen LogP contribution in [0.3, 0.4) is 0 Å². The zero-order chi connectivity index (χ0) is 18.2. The molecule has 3 aliphatic rings. The van der Waals surface area contributed by atoms with Crippen molar-refractivity contribution < 1.29 is 14.4 Å². The van der Waals surface area contributed by atoms with Crippen LogP contribution in [0, 0.1) is 6.92 Å². The van der Waals surface area contributed by atoms with E-state index < -0.39 is 17.1 Å². The molecule has 6 nitrogen and oxygen atoms in total. The van der Waals surface area contributed by atoms with E-state index in [9.17, 15) is 5.11 Å². The summed E-state index contributed by atoms with van der Waals surface area (Å²) in [5, 5.41) is 15.7. The molecule has 2 atom stereocenters. The van der Waals surface area contributed by atoms with Crippen molar-refractivity contribution in [3.05, 3.63) is 54.7 Å². The van der Waals surface area contributed by atoms with Gasteiger partial charge in [-0.05, 0) is 44.5 Å². The first-order valence-corrected chi connectivity index (χ1v) is 9.13. The number of nitrogens with zero attached hydrogens (tertiary/aromatic N) is 3. The highest BCUT2D eigenvalue weighted by Gasteiger charge is 2.62. The lowest BCUT2D eigenvalue weighted by Crippen LogP contribution is -2.74. The SMILES string of the molecule is B.C=CCC1(COc2ccccc2)C(O)C2(c3noc(C)n3)CCN1CC2. The lowest BCUT2D eigenvalue weighted by molar-refractivity contribution is -0.165. The first-order valence-electron chi connectivity index (χ1n) is 9.13. The molecule has 5 rings (SSSR count). The molecule has 1 aromatic carbocycles. The minimum Gasteiger partial charge on any atom is -0.492 e. The second-order valence-corrected chi connectivity index (χ2v) is 7.38. The second kappa shape index (κ2) is 7.48. The summed E-state index contributed by atoms with van der Waals surface area (Å²) in [6, 6.07) is 9.72. The van der Waals surface area contributed by atoms with Crippen molar-refractivity contribution in [2.24, 2.45) is 0 Å². The van der Waals surface area contributed by atoms with E-state index in [0.717, 1.165) is 31.7 Å². The molecular formula is C20H28BN3O3. The maximum absolute atomic E-state index is 11.5. The maximum atomic E-state index is 11.5. The van der Waals surface area contributed by atoms with Crippen LogP contribution < -0.4 is 4.74 Å². The monoisotopic (exact) mass is 369 g/mol. The molecule has 0 amide bonds. The van der Waals surface area contributed by atoms with Gasteiger partial charge < -0.3 is 14.4 Å². The number of aromatic nitrogens is 2. The van der Waals surface area contributed by atoms with Crippen LogP contribution in [0.1, 0.15) is 31.0 Å². The third-order valence-electron chi connectivity index (χ3n) is 6.02. The molecule has 2 bridgehead atoms. The molecule has 2 unspecified atom stereocenters. The molecule has 0 saturated carbocycles. The van der Waals surface area contributed by atoms with Gasteiger partial charge in [-0.15, -0.1) is 6.58 Å². The summed E-state index contributed by atoms with van der Waals surface area (Å²) in [5.74, 6) is 1.95. The summed E-state index contributed by atoms with van der Waals surface area (Å²) in [4.78, 5) is 6.82. The molecule has 4 heterocycles. The number of hydrogen-bond donors (Lipinski definition) is 1. The number of piperidine rings is 3. The van der Waals surface area contributed by atoms with E-state index in [1.54, 1.807) is 6.92 Å². The zero-order valence-corrected chi connectivity index (χ0v) is 15.1. The molecule has 3 saturated heterocycles. The summed E-state index contributed by atoms with van der Waals surface area (Å²) < 4.78 is 11.3. The largest absolute Gasteiger partial charge is 0.492 e. The van der Waals surface area contributed by atoms with E-state index in [4.69, 9.17) is 9.26 Å². The minimum absolute atomic E-state index is 0. The fourth-order valence-corrected chi connectivity index (χ4v) is 4.60. The second-order valence-electron chi connectivity index (χ2n) is 7.38. The van der Waals surface area contributed by atoms with Gasteiger partial charge in [-0.1, -0.05) is 29.4 Å². The highest BCUT2D eigenvalue weighted by molar-refractivity contribution is 5.75. The van der Waals surface area contributed by atoms with Gasteiger partial charge in [-0.25, -0.2) is 0 Å². The zero-order valence-electron chi connectivity index (χ0n) is 15.1. The van der Waals surface area contributed by atoms with Crippen molar-refractivity contribution >= 4 is 8.41 Å². The number of benzene rings is 1. The normalized spacial score (nSPS) is 31.9. The number of aliphatic hydroxyl groups excluding tert-OH is 1. The summed E-state index contributed by atoms with van der Waals surface area (Å²) in [7, 11) is 0. The molecule has 1 aromatic heterocycles. The Hall–Kier alpha value is -2.12. The molecule has 27 heavy (non-hydrogen) atoms. The average molecular weight is 369 g/mol. The molecule has 7 heteroatoms. The van der Waals surface area contributed by atoms with Gasteiger partial charge in [-0.3, -0.25) is 4.90 Å². The van der Waals surface area contributed by atoms with Crippen LogP contribution in [0.25, 0.3) is 0 Å². The Labute approximate surface area is 161 Å². The van der Waals surface area contributed by atoms with Gasteiger partial charge >= 0.3 is 0 Å². The predicted octanol–water partition coefficient (Wildman–Crippen LogP) is 1.30. The summed E-state index contributed by atoms with van der Waals surface area (Å²) in [5.41, 5.74) is -1.03. The molecule has 3 fully saturated rings. The highest BCUT2D eigenvalue weighted by Crippen LogP contribution is 2.50. The standard InChI is InChI=1S/C20H25N3O3.BH3/c1-3-9-20(14-25-16-7-5-4-6-8-16)17(24)19(10-12-23(20)13-11-19)18-21-15(2)26-22-18;/h3-8,17,24H,1,9-14H2,2H3;1H3. The van der Waals surface area contributed by atoms with Crippen LogP contribution in [0.4, 0.5) is 0 Å². The van der Waals surface area contributed by atoms with Crippen LogP contribution in [0.2, 0.25) is 0 Å². The summed E-state index contributed by atoms with van der Waals surface area (Å²) >= 11 is 0. The number of para-hydroxylation sites is 1. The van der Waals surface area contributed by atoms with E-state index in [-0.39, 0.29) is 8.41 Å². The number of hydrogen-bond acceptors (Lipinski definition) is 6. The predicted molar refractivity (Wildman–Crippen MR) is 107 cm³/mol. The third-order valence-corrected chi connectivity index (χ3v) is 6.02. The van der Waals surface area contributed by atoms with Crippen molar-refractivity contribution in [3.8, 4) is 5.75 Å². The summed E-state index contributed by atoms with van der Waals surface area (Å²) in [6.07, 6.45) is 3.48. The Bertz CT molecular complexity index is 774. The fourth-order valence-electron chi connectivity index (χ4n) is 4.60. The van der Waals surface area contributed by atoms with Gasteiger partial charge in [-0.2, -0.15) is 4.98 Å². The van der Waals surface area contributed by atoms with Crippen molar-refractivity contribution in [2.45, 2.75) is 43.2 Å². The van der Waals surface area contributed by atoms with Crippen LogP contribution in [-0.2, 0) is 5.41 Å². The molecule has 0 radical (unpaired) electrons. The maximum Gasteiger partial charge on any atom is 0.223 e. The van der Waals surface area contributed by atoms with Gasteiger partial charge in [0.25, 0.3) is 0 Å². The molecule has 0 aliphatic carbocycles. The number of aryl methyl sites for hydroxylation is 1. The van der Waals surface area contributed by atoms with E-state index in [2.05, 4.69) is 21.6 Å². The Morgan fingerprint density at radius 2 is 2.04 bits per heavy atom. The number of fused-ring (bicyclic) bond motifs is 3. The molecular weight excluding hydrogens is 341 g/mol. The van der Waals surface area contributed by atoms with Crippen LogP contribution in [0.5, 0.6) is 5.75 Å². The van der Waals surface area contributed by atoms with Gasteiger partial charge in [0, 0.05) is 6.92 Å². The van der Waals surface area contributed by atoms with Crippen LogP contribution >= 0.6 is 0 Å². The van der Waals surface area contributed by atoms with Gasteiger partial charge in [0.15, 0.2) is 5.82 Å². The van der Waals surface area contributed by atoms with Gasteiger partial charge in [0.1, 0.15) is 12.4 Å². The van der Waals surface area contributed by atoms with E-state index in [1.165, 1.54) is 0 Å². The van der Waals surface area contributed by atoms with Gasteiger partial charge in [0.2, 0.25) is 5.89 Å². The number of aliphatic hydroxyl groups is 1. The Morgan fingerprint density at radius 3 is 2.63 bits per heavy atom.